The zero-order chi connectivity index (χ0) is 17.0. The summed E-state index contributed by atoms with van der Waals surface area (Å²) in [4.78, 5) is 12.2. The minimum atomic E-state index is -3.55. The second-order valence-electron chi connectivity index (χ2n) is 5.12. The van der Waals surface area contributed by atoms with E-state index in [9.17, 15) is 13.2 Å². The van der Waals surface area contributed by atoms with Crippen molar-refractivity contribution in [1.82, 2.24) is 4.31 Å². The number of sulfonamides is 1. The number of rotatable bonds is 6. The van der Waals surface area contributed by atoms with Crippen molar-refractivity contribution in [3.63, 3.8) is 0 Å². The van der Waals surface area contributed by atoms with Crippen LogP contribution in [0.2, 0.25) is 5.02 Å². The molecule has 0 aliphatic carbocycles. The maximum Gasteiger partial charge on any atom is 0.239 e. The predicted octanol–water partition coefficient (Wildman–Crippen LogP) is 2.64. The van der Waals surface area contributed by atoms with Crippen LogP contribution in [-0.2, 0) is 21.4 Å². The molecule has 0 bridgehead atoms. The number of nitrogens with one attached hydrogen (secondary N) is 1. The lowest BCUT2D eigenvalue weighted by molar-refractivity contribution is -0.116. The molecule has 2 rings (SSSR count). The number of carbonyl (C=O) groups excluding carboxylic acids is 1. The van der Waals surface area contributed by atoms with E-state index in [4.69, 9.17) is 16.0 Å². The van der Waals surface area contributed by atoms with Gasteiger partial charge in [0.25, 0.3) is 0 Å². The molecule has 0 unspecified atom stereocenters. The fourth-order valence-electron chi connectivity index (χ4n) is 1.98. The lowest BCUT2D eigenvalue weighted by atomic mass is 10.2. The van der Waals surface area contributed by atoms with Crippen LogP contribution in [-0.4, -0.2) is 31.4 Å². The number of aryl methyl sites for hydroxylation is 1. The summed E-state index contributed by atoms with van der Waals surface area (Å²) < 4.78 is 29.9. The van der Waals surface area contributed by atoms with Gasteiger partial charge in [-0.05, 0) is 42.8 Å². The Morgan fingerprint density at radius 1 is 1.35 bits per heavy atom. The van der Waals surface area contributed by atoms with Crippen molar-refractivity contribution in [2.24, 2.45) is 0 Å². The second-order valence-corrected chi connectivity index (χ2v) is 7.54. The van der Waals surface area contributed by atoms with Gasteiger partial charge in [0.1, 0.15) is 5.76 Å². The van der Waals surface area contributed by atoms with Crippen LogP contribution in [0, 0.1) is 6.92 Å². The van der Waals surface area contributed by atoms with Crippen LogP contribution in [0.15, 0.2) is 41.0 Å². The number of anilines is 1. The Bertz CT molecular complexity index is 788. The molecule has 1 heterocycles. The van der Waals surface area contributed by atoms with E-state index in [2.05, 4.69) is 5.32 Å². The lowest BCUT2D eigenvalue weighted by Crippen LogP contribution is -2.36. The number of hydrogen-bond donors (Lipinski definition) is 1. The summed E-state index contributed by atoms with van der Waals surface area (Å²) in [6.45, 7) is 1.50. The highest BCUT2D eigenvalue weighted by atomic mass is 35.5. The predicted molar refractivity (Wildman–Crippen MR) is 88.8 cm³/mol. The van der Waals surface area contributed by atoms with Crippen LogP contribution >= 0.6 is 11.6 Å². The van der Waals surface area contributed by atoms with Gasteiger partial charge in [0, 0.05) is 10.7 Å². The van der Waals surface area contributed by atoms with Crippen molar-refractivity contribution in [2.45, 2.75) is 13.5 Å². The van der Waals surface area contributed by atoms with Crippen LogP contribution in [0.25, 0.3) is 0 Å². The lowest BCUT2D eigenvalue weighted by Gasteiger charge is -2.18. The van der Waals surface area contributed by atoms with Gasteiger partial charge < -0.3 is 9.73 Å². The highest BCUT2D eigenvalue weighted by Gasteiger charge is 2.21. The summed E-state index contributed by atoms with van der Waals surface area (Å²) in [5.41, 5.74) is 1.38. The fraction of sp³-hybridized carbons (Fsp3) is 0.267. The Balaban J connectivity index is 2.08. The number of benzene rings is 1. The molecule has 0 saturated carbocycles. The molecule has 8 heteroatoms. The molecule has 124 valence electrons. The molecular formula is C15H17ClN2O4S. The number of nitrogens with zero attached hydrogens (tertiary/aromatic N) is 1. The molecule has 0 fully saturated rings. The Morgan fingerprint density at radius 3 is 2.65 bits per heavy atom. The molecule has 2 aromatic rings. The largest absolute Gasteiger partial charge is 0.468 e. The van der Waals surface area contributed by atoms with Crippen LogP contribution in [0.3, 0.4) is 0 Å². The summed E-state index contributed by atoms with van der Waals surface area (Å²) in [5, 5.41) is 3.25. The van der Waals surface area contributed by atoms with Gasteiger partial charge in [-0.3, -0.25) is 4.79 Å². The Morgan fingerprint density at radius 2 is 2.09 bits per heavy atom. The topological polar surface area (TPSA) is 79.6 Å². The molecule has 0 saturated heterocycles. The maximum atomic E-state index is 12.2. The Hall–Kier alpha value is -1.83. The first kappa shape index (κ1) is 17.5. The van der Waals surface area contributed by atoms with Gasteiger partial charge in [-0.25, -0.2) is 8.42 Å². The van der Waals surface area contributed by atoms with E-state index < -0.39 is 15.9 Å². The van der Waals surface area contributed by atoms with E-state index in [-0.39, 0.29) is 13.1 Å². The molecular weight excluding hydrogens is 340 g/mol. The van der Waals surface area contributed by atoms with Crippen LogP contribution in [0.5, 0.6) is 0 Å². The highest BCUT2D eigenvalue weighted by Crippen LogP contribution is 2.19. The summed E-state index contributed by atoms with van der Waals surface area (Å²) in [6, 6.07) is 8.36. The van der Waals surface area contributed by atoms with Gasteiger partial charge in [0.15, 0.2) is 0 Å². The first-order chi connectivity index (χ1) is 10.8. The number of amides is 1. The SMILES string of the molecule is Cc1cc(Cl)ccc1NC(=O)CN(Cc1ccco1)S(C)(=O)=O. The molecule has 1 N–H and O–H groups in total. The molecule has 0 radical (unpaired) electrons. The van der Waals surface area contributed by atoms with E-state index in [0.717, 1.165) is 16.1 Å². The normalized spacial score (nSPS) is 11.7. The molecule has 1 aromatic carbocycles. The Labute approximate surface area is 140 Å². The number of halogens is 1. The molecule has 1 amide bonds. The summed E-state index contributed by atoms with van der Waals surface area (Å²) in [7, 11) is -3.55. The highest BCUT2D eigenvalue weighted by molar-refractivity contribution is 7.88. The maximum absolute atomic E-state index is 12.2. The molecule has 0 aliphatic heterocycles. The van der Waals surface area contributed by atoms with Crippen LogP contribution in [0.4, 0.5) is 5.69 Å². The average Bonchev–Trinajstić information content (AvgIpc) is 2.93. The van der Waals surface area contributed by atoms with E-state index in [1.165, 1.54) is 6.26 Å². The summed E-state index contributed by atoms with van der Waals surface area (Å²) >= 11 is 5.87. The quantitative estimate of drug-likeness (QED) is 0.862. The van der Waals surface area contributed by atoms with Crippen molar-refractivity contribution < 1.29 is 17.6 Å². The molecule has 0 aliphatic rings. The molecule has 23 heavy (non-hydrogen) atoms. The number of hydrogen-bond acceptors (Lipinski definition) is 4. The standard InChI is InChI=1S/C15H17ClN2O4S/c1-11-8-12(16)5-6-14(11)17-15(19)10-18(23(2,20)21)9-13-4-3-7-22-13/h3-8H,9-10H2,1-2H3,(H,17,19). The minimum absolute atomic E-state index is 0.00114. The van der Waals surface area contributed by atoms with E-state index in [1.54, 1.807) is 37.3 Å². The minimum Gasteiger partial charge on any atom is -0.468 e. The first-order valence-corrected chi connectivity index (χ1v) is 9.02. The number of carbonyl (C=O) groups is 1. The average molecular weight is 357 g/mol. The van der Waals surface area contributed by atoms with Gasteiger partial charge in [-0.15, -0.1) is 0 Å². The first-order valence-electron chi connectivity index (χ1n) is 6.79. The zero-order valence-corrected chi connectivity index (χ0v) is 14.3. The molecule has 6 nitrogen and oxygen atoms in total. The fourth-order valence-corrected chi connectivity index (χ4v) is 2.92. The monoisotopic (exact) mass is 356 g/mol. The van der Waals surface area contributed by atoms with Gasteiger partial charge in [-0.1, -0.05) is 11.6 Å². The van der Waals surface area contributed by atoms with Crippen molar-refractivity contribution in [2.75, 3.05) is 18.1 Å². The smallest absolute Gasteiger partial charge is 0.239 e. The molecule has 0 atom stereocenters. The zero-order valence-electron chi connectivity index (χ0n) is 12.7. The van der Waals surface area contributed by atoms with Crippen molar-refractivity contribution >= 4 is 33.2 Å². The second kappa shape index (κ2) is 7.16. The van der Waals surface area contributed by atoms with E-state index >= 15 is 0 Å². The molecule has 0 spiro atoms. The van der Waals surface area contributed by atoms with Gasteiger partial charge in [-0.2, -0.15) is 4.31 Å². The Kier molecular flexibility index (Phi) is 5.46. The van der Waals surface area contributed by atoms with Crippen LogP contribution in [0.1, 0.15) is 11.3 Å². The van der Waals surface area contributed by atoms with Crippen molar-refractivity contribution in [1.29, 1.82) is 0 Å². The van der Waals surface area contributed by atoms with Crippen molar-refractivity contribution in [3.05, 3.63) is 52.9 Å². The third-order valence-corrected chi connectivity index (χ3v) is 4.60. The number of furan rings is 1. The summed E-state index contributed by atoms with van der Waals surface area (Å²) in [6.07, 6.45) is 2.50. The third-order valence-electron chi connectivity index (χ3n) is 3.16. The van der Waals surface area contributed by atoms with E-state index in [1.807, 2.05) is 0 Å². The van der Waals surface area contributed by atoms with Gasteiger partial charge in [0.05, 0.1) is 25.6 Å². The van der Waals surface area contributed by atoms with Crippen molar-refractivity contribution in [3.8, 4) is 0 Å². The third kappa shape index (κ3) is 5.09. The molecule has 1 aromatic heterocycles. The van der Waals surface area contributed by atoms with Crippen LogP contribution < -0.4 is 5.32 Å². The summed E-state index contributed by atoms with van der Waals surface area (Å²) in [5.74, 6) is 0.0262. The van der Waals surface area contributed by atoms with Gasteiger partial charge >= 0.3 is 0 Å². The van der Waals surface area contributed by atoms with Gasteiger partial charge in [0.2, 0.25) is 15.9 Å². The van der Waals surface area contributed by atoms with E-state index in [0.29, 0.717) is 16.5 Å².